The van der Waals surface area contributed by atoms with Crippen LogP contribution in [-0.2, 0) is 0 Å². The smallest absolute Gasteiger partial charge is 0.119 e. The van der Waals surface area contributed by atoms with Gasteiger partial charge in [0.1, 0.15) is 5.75 Å². The van der Waals surface area contributed by atoms with Gasteiger partial charge in [0, 0.05) is 12.1 Å². The summed E-state index contributed by atoms with van der Waals surface area (Å²) in [6.45, 7) is 10.9. The monoisotopic (exact) mass is 249 g/mol. The van der Waals surface area contributed by atoms with E-state index in [1.54, 1.807) is 0 Å². The first-order valence-corrected chi connectivity index (χ1v) is 7.09. The van der Waals surface area contributed by atoms with Gasteiger partial charge >= 0.3 is 0 Å². The summed E-state index contributed by atoms with van der Waals surface area (Å²) in [5.74, 6) is 0.962. The van der Waals surface area contributed by atoms with Gasteiger partial charge in [0.15, 0.2) is 0 Å². The second kappa shape index (κ2) is 7.42. The fraction of sp³-hybridized carbons (Fsp3) is 0.625. The molecule has 0 aromatic heterocycles. The van der Waals surface area contributed by atoms with E-state index in [0.29, 0.717) is 12.1 Å². The minimum absolute atomic E-state index is 0.284. The van der Waals surface area contributed by atoms with Gasteiger partial charge in [-0.05, 0) is 51.3 Å². The van der Waals surface area contributed by atoms with Crippen LogP contribution in [0.2, 0.25) is 0 Å². The number of rotatable bonds is 7. The Balaban J connectivity index is 2.59. The molecule has 1 rings (SSSR count). The Morgan fingerprint density at radius 3 is 2.11 bits per heavy atom. The molecule has 1 N–H and O–H groups in total. The van der Waals surface area contributed by atoms with Crippen molar-refractivity contribution < 1.29 is 4.74 Å². The van der Waals surface area contributed by atoms with Gasteiger partial charge in [-0.2, -0.15) is 0 Å². The Bertz CT molecular complexity index is 333. The van der Waals surface area contributed by atoms with Gasteiger partial charge in [-0.25, -0.2) is 0 Å². The molecule has 0 heterocycles. The first-order valence-electron chi connectivity index (χ1n) is 7.09. The number of nitrogens with one attached hydrogen (secondary N) is 1. The minimum atomic E-state index is 0.284. The fourth-order valence-corrected chi connectivity index (χ4v) is 1.79. The second-order valence-electron chi connectivity index (χ2n) is 5.10. The highest BCUT2D eigenvalue weighted by atomic mass is 16.5. The molecule has 2 heteroatoms. The van der Waals surface area contributed by atoms with Crippen LogP contribution < -0.4 is 10.1 Å². The van der Waals surface area contributed by atoms with E-state index in [1.165, 1.54) is 5.56 Å². The number of hydrogen-bond acceptors (Lipinski definition) is 2. The summed E-state index contributed by atoms with van der Waals surface area (Å²) < 4.78 is 5.78. The van der Waals surface area contributed by atoms with Crippen LogP contribution in [0.25, 0.3) is 0 Å². The van der Waals surface area contributed by atoms with Crippen LogP contribution in [0.3, 0.4) is 0 Å². The Morgan fingerprint density at radius 2 is 1.61 bits per heavy atom. The fourth-order valence-electron chi connectivity index (χ4n) is 1.79. The van der Waals surface area contributed by atoms with Crippen LogP contribution in [0.1, 0.15) is 59.1 Å². The van der Waals surface area contributed by atoms with Gasteiger partial charge in [0.25, 0.3) is 0 Å². The maximum atomic E-state index is 5.78. The zero-order valence-corrected chi connectivity index (χ0v) is 12.4. The molecule has 0 saturated carbocycles. The van der Waals surface area contributed by atoms with Crippen molar-refractivity contribution in [3.8, 4) is 5.75 Å². The first kappa shape index (κ1) is 15.0. The summed E-state index contributed by atoms with van der Waals surface area (Å²) in [6, 6.07) is 9.37. The quantitative estimate of drug-likeness (QED) is 0.777. The molecule has 0 aliphatic carbocycles. The summed E-state index contributed by atoms with van der Waals surface area (Å²) >= 11 is 0. The molecule has 0 aliphatic rings. The predicted octanol–water partition coefficient (Wildman–Crippen LogP) is 4.31. The van der Waals surface area contributed by atoms with Crippen molar-refractivity contribution in [1.82, 2.24) is 5.32 Å². The lowest BCUT2D eigenvalue weighted by molar-refractivity contribution is 0.217. The second-order valence-corrected chi connectivity index (χ2v) is 5.10. The highest BCUT2D eigenvalue weighted by Crippen LogP contribution is 2.19. The normalized spacial score (nSPS) is 16.1. The van der Waals surface area contributed by atoms with Crippen LogP contribution in [0.15, 0.2) is 24.3 Å². The molecule has 2 nitrogen and oxygen atoms in total. The summed E-state index contributed by atoms with van der Waals surface area (Å²) in [6.07, 6.45) is 2.47. The summed E-state index contributed by atoms with van der Waals surface area (Å²) in [5.41, 5.74) is 1.31. The van der Waals surface area contributed by atoms with E-state index in [-0.39, 0.29) is 6.10 Å². The summed E-state index contributed by atoms with van der Waals surface area (Å²) in [4.78, 5) is 0. The molecule has 0 aliphatic heterocycles. The van der Waals surface area contributed by atoms with E-state index in [1.807, 2.05) is 0 Å². The molecule has 0 fully saturated rings. The van der Waals surface area contributed by atoms with E-state index in [4.69, 9.17) is 4.74 Å². The lowest BCUT2D eigenvalue weighted by Crippen LogP contribution is -2.28. The molecule has 0 amide bonds. The van der Waals surface area contributed by atoms with E-state index in [2.05, 4.69) is 64.2 Å². The third-order valence-electron chi connectivity index (χ3n) is 3.44. The average Bonchev–Trinajstić information content (AvgIpc) is 2.39. The number of ether oxygens (including phenoxy) is 1. The van der Waals surface area contributed by atoms with Crippen molar-refractivity contribution in [2.24, 2.45) is 0 Å². The van der Waals surface area contributed by atoms with E-state index in [0.717, 1.165) is 18.6 Å². The molecular weight excluding hydrogens is 222 g/mol. The van der Waals surface area contributed by atoms with Crippen LogP contribution in [0.5, 0.6) is 5.75 Å². The minimum Gasteiger partial charge on any atom is -0.491 e. The molecule has 3 atom stereocenters. The molecule has 1 aromatic carbocycles. The van der Waals surface area contributed by atoms with E-state index in [9.17, 15) is 0 Å². The molecule has 1 aromatic rings. The molecule has 0 radical (unpaired) electrons. The molecule has 0 bridgehead atoms. The van der Waals surface area contributed by atoms with Gasteiger partial charge in [0.2, 0.25) is 0 Å². The molecule has 18 heavy (non-hydrogen) atoms. The third-order valence-corrected chi connectivity index (χ3v) is 3.44. The Labute approximate surface area is 112 Å². The lowest BCUT2D eigenvalue weighted by Gasteiger charge is -2.20. The largest absolute Gasteiger partial charge is 0.491 e. The van der Waals surface area contributed by atoms with Gasteiger partial charge in [0.05, 0.1) is 6.10 Å². The van der Waals surface area contributed by atoms with Gasteiger partial charge < -0.3 is 10.1 Å². The first-order chi connectivity index (χ1) is 8.56. The van der Waals surface area contributed by atoms with Crippen molar-refractivity contribution in [1.29, 1.82) is 0 Å². The van der Waals surface area contributed by atoms with Crippen molar-refractivity contribution >= 4 is 0 Å². The van der Waals surface area contributed by atoms with Crippen molar-refractivity contribution in [3.05, 3.63) is 29.8 Å². The third kappa shape index (κ3) is 4.69. The molecule has 102 valence electrons. The highest BCUT2D eigenvalue weighted by Gasteiger charge is 2.08. The van der Waals surface area contributed by atoms with Crippen LogP contribution in [0, 0.1) is 0 Å². The zero-order chi connectivity index (χ0) is 13.5. The van der Waals surface area contributed by atoms with Crippen molar-refractivity contribution in [2.45, 2.75) is 65.6 Å². The lowest BCUT2D eigenvalue weighted by atomic mass is 10.1. The Hall–Kier alpha value is -1.02. The van der Waals surface area contributed by atoms with E-state index >= 15 is 0 Å². The van der Waals surface area contributed by atoms with Gasteiger partial charge in [-0.1, -0.05) is 26.0 Å². The van der Waals surface area contributed by atoms with Crippen LogP contribution in [-0.4, -0.2) is 12.1 Å². The molecular formula is C16H27NO. The molecule has 0 saturated heterocycles. The summed E-state index contributed by atoms with van der Waals surface area (Å²) in [7, 11) is 0. The maximum absolute atomic E-state index is 5.78. The van der Waals surface area contributed by atoms with E-state index < -0.39 is 0 Å². The summed E-state index contributed by atoms with van der Waals surface area (Å²) in [5, 5.41) is 3.58. The topological polar surface area (TPSA) is 21.3 Å². The molecule has 0 unspecified atom stereocenters. The van der Waals surface area contributed by atoms with Crippen LogP contribution >= 0.6 is 0 Å². The number of hydrogen-bond donors (Lipinski definition) is 1. The molecule has 0 spiro atoms. The van der Waals surface area contributed by atoms with Crippen molar-refractivity contribution in [3.63, 3.8) is 0 Å². The SMILES string of the molecule is CC[C@@H](C)Oc1ccc([C@@H](C)N[C@@H](C)CC)cc1. The Kier molecular flexibility index (Phi) is 6.20. The highest BCUT2D eigenvalue weighted by molar-refractivity contribution is 5.29. The zero-order valence-electron chi connectivity index (χ0n) is 12.4. The standard InChI is InChI=1S/C16H27NO/c1-6-12(3)17-14(5)15-8-10-16(11-9-15)18-13(4)7-2/h8-14,17H,6-7H2,1-5H3/t12-,13+,14+/m0/s1. The van der Waals surface area contributed by atoms with Gasteiger partial charge in [-0.3, -0.25) is 0 Å². The predicted molar refractivity (Wildman–Crippen MR) is 78.1 cm³/mol. The maximum Gasteiger partial charge on any atom is 0.119 e. The average molecular weight is 249 g/mol. The van der Waals surface area contributed by atoms with Crippen molar-refractivity contribution in [2.75, 3.05) is 0 Å². The number of benzene rings is 1. The van der Waals surface area contributed by atoms with Crippen LogP contribution in [0.4, 0.5) is 0 Å². The van der Waals surface area contributed by atoms with Gasteiger partial charge in [-0.15, -0.1) is 0 Å². The Morgan fingerprint density at radius 1 is 1.00 bits per heavy atom.